The van der Waals surface area contributed by atoms with Crippen molar-refractivity contribution in [1.82, 2.24) is 4.90 Å². The molecule has 0 unspecified atom stereocenters. The Hall–Kier alpha value is -1.92. The second-order valence-electron chi connectivity index (χ2n) is 5.73. The van der Waals surface area contributed by atoms with Crippen molar-refractivity contribution in [3.05, 3.63) is 64.4 Å². The van der Waals surface area contributed by atoms with Crippen molar-refractivity contribution in [2.75, 3.05) is 18.8 Å². The van der Waals surface area contributed by atoms with Gasteiger partial charge < -0.3 is 4.90 Å². The van der Waals surface area contributed by atoms with Gasteiger partial charge in [-0.2, -0.15) is 0 Å². The van der Waals surface area contributed by atoms with Gasteiger partial charge in [0.15, 0.2) is 9.84 Å². The number of carbonyl (C=O) groups excluding carboxylic acids is 1. The van der Waals surface area contributed by atoms with Gasteiger partial charge in [-0.1, -0.05) is 36.4 Å². The smallest absolute Gasteiger partial charge is 0.246 e. The molecule has 0 spiro atoms. The molecular weight excluding hydrogens is 342 g/mol. The van der Waals surface area contributed by atoms with E-state index in [4.69, 9.17) is 0 Å². The second kappa shape index (κ2) is 7.32. The molecule has 0 N–H and O–H groups in total. The van der Waals surface area contributed by atoms with Crippen LogP contribution in [0.15, 0.2) is 53.9 Å². The number of carbonyl (C=O) groups is 1. The summed E-state index contributed by atoms with van der Waals surface area (Å²) >= 11 is 1.56. The van der Waals surface area contributed by atoms with Gasteiger partial charge in [0.1, 0.15) is 0 Å². The molecule has 6 heteroatoms. The number of hydrogen-bond donors (Lipinski definition) is 0. The molecule has 4 nitrogen and oxygen atoms in total. The first kappa shape index (κ1) is 16.9. The summed E-state index contributed by atoms with van der Waals surface area (Å²) in [7, 11) is -3.25. The van der Waals surface area contributed by atoms with Crippen molar-refractivity contribution in [2.24, 2.45) is 0 Å². The molecule has 1 aromatic heterocycles. The molecule has 24 heavy (non-hydrogen) atoms. The summed E-state index contributed by atoms with van der Waals surface area (Å²) in [4.78, 5) is 15.0. The first-order valence-corrected chi connectivity index (χ1v) is 10.4. The fourth-order valence-electron chi connectivity index (χ4n) is 2.85. The van der Waals surface area contributed by atoms with Crippen molar-refractivity contribution in [1.29, 1.82) is 0 Å². The van der Waals surface area contributed by atoms with Crippen LogP contribution in [0.4, 0.5) is 0 Å². The van der Waals surface area contributed by atoms with Crippen LogP contribution in [0.5, 0.6) is 0 Å². The molecule has 2 aromatic rings. The topological polar surface area (TPSA) is 54.5 Å². The van der Waals surface area contributed by atoms with Crippen LogP contribution in [0.25, 0.3) is 6.08 Å². The lowest BCUT2D eigenvalue weighted by Gasteiger charge is -2.18. The van der Waals surface area contributed by atoms with E-state index in [0.29, 0.717) is 13.0 Å². The molecule has 1 atom stereocenters. The summed E-state index contributed by atoms with van der Waals surface area (Å²) < 4.78 is 25.1. The van der Waals surface area contributed by atoms with E-state index in [1.54, 1.807) is 22.3 Å². The van der Waals surface area contributed by atoms with Gasteiger partial charge in [-0.05, 0) is 29.5 Å². The average Bonchev–Trinajstić information content (AvgIpc) is 3.04. The quantitative estimate of drug-likeness (QED) is 0.789. The van der Waals surface area contributed by atoms with E-state index in [0.717, 1.165) is 10.4 Å². The van der Waals surface area contributed by atoms with Crippen molar-refractivity contribution < 1.29 is 13.2 Å². The van der Waals surface area contributed by atoms with Crippen LogP contribution in [0.2, 0.25) is 0 Å². The number of nitrogens with zero attached hydrogens (tertiary/aromatic N) is 1. The highest BCUT2D eigenvalue weighted by molar-refractivity contribution is 7.91. The summed E-state index contributed by atoms with van der Waals surface area (Å²) in [5.41, 5.74) is 0.806. The highest BCUT2D eigenvalue weighted by Gasteiger charge is 2.32. The Balaban J connectivity index is 1.73. The zero-order chi connectivity index (χ0) is 17.0. The Labute approximate surface area is 146 Å². The van der Waals surface area contributed by atoms with Crippen molar-refractivity contribution in [3.63, 3.8) is 0 Å². The van der Waals surface area contributed by atoms with E-state index in [9.17, 15) is 13.2 Å². The molecule has 1 aliphatic rings. The van der Waals surface area contributed by atoms with E-state index < -0.39 is 15.1 Å². The Morgan fingerprint density at radius 3 is 2.62 bits per heavy atom. The molecule has 126 valence electrons. The van der Waals surface area contributed by atoms with Gasteiger partial charge in [0, 0.05) is 24.0 Å². The van der Waals surface area contributed by atoms with Crippen LogP contribution in [-0.4, -0.2) is 38.1 Å². The molecular formula is C18H19NO3S2. The lowest BCUT2D eigenvalue weighted by atomic mass is 10.1. The van der Waals surface area contributed by atoms with Crippen LogP contribution in [0.1, 0.15) is 22.1 Å². The van der Waals surface area contributed by atoms with Gasteiger partial charge in [0.05, 0.1) is 11.0 Å². The van der Waals surface area contributed by atoms with E-state index >= 15 is 0 Å². The standard InChI is InChI=1S/C18H19NO3S2/c20-18(9-8-16-7-4-13-23-16)19-11-10-17(24(21,22)14-12-19)15-5-2-1-3-6-15/h1-9,13,17H,10-12,14H2/b9-8+/t17-/m0/s1. The molecule has 3 rings (SSSR count). The zero-order valence-electron chi connectivity index (χ0n) is 13.2. The molecule has 2 heterocycles. The van der Waals surface area contributed by atoms with E-state index in [1.807, 2.05) is 47.8 Å². The molecule has 0 saturated carbocycles. The van der Waals surface area contributed by atoms with E-state index in [-0.39, 0.29) is 18.2 Å². The Morgan fingerprint density at radius 2 is 1.92 bits per heavy atom. The third-order valence-electron chi connectivity index (χ3n) is 4.16. The fraction of sp³-hybridized carbons (Fsp3) is 0.278. The van der Waals surface area contributed by atoms with Gasteiger partial charge in [-0.3, -0.25) is 4.79 Å². The monoisotopic (exact) mass is 361 g/mol. The first-order chi connectivity index (χ1) is 11.6. The Kier molecular flexibility index (Phi) is 5.16. The molecule has 1 amide bonds. The summed E-state index contributed by atoms with van der Waals surface area (Å²) in [6.45, 7) is 0.700. The number of benzene rings is 1. The minimum absolute atomic E-state index is 0.00510. The van der Waals surface area contributed by atoms with Gasteiger partial charge in [-0.25, -0.2) is 8.42 Å². The van der Waals surface area contributed by atoms with Crippen molar-refractivity contribution >= 4 is 33.2 Å². The third-order valence-corrected chi connectivity index (χ3v) is 7.12. The fourth-order valence-corrected chi connectivity index (χ4v) is 5.26. The van der Waals surface area contributed by atoms with Gasteiger partial charge in [-0.15, -0.1) is 11.3 Å². The van der Waals surface area contributed by atoms with Crippen LogP contribution in [0.3, 0.4) is 0 Å². The Morgan fingerprint density at radius 1 is 1.12 bits per heavy atom. The largest absolute Gasteiger partial charge is 0.338 e. The van der Waals surface area contributed by atoms with Crippen molar-refractivity contribution in [3.8, 4) is 0 Å². The molecule has 1 aliphatic heterocycles. The van der Waals surface area contributed by atoms with Crippen LogP contribution in [-0.2, 0) is 14.6 Å². The summed E-state index contributed by atoms with van der Waals surface area (Å²) in [6.07, 6.45) is 3.74. The first-order valence-electron chi connectivity index (χ1n) is 7.83. The molecule has 0 radical (unpaired) electrons. The van der Waals surface area contributed by atoms with Gasteiger partial charge >= 0.3 is 0 Å². The maximum absolute atomic E-state index is 12.6. The number of hydrogen-bond acceptors (Lipinski definition) is 4. The Bertz CT molecular complexity index is 811. The SMILES string of the molecule is O=C(/C=C/c1cccs1)N1CC[C@@H](c2ccccc2)S(=O)(=O)CC1. The van der Waals surface area contributed by atoms with Gasteiger partial charge in [0.25, 0.3) is 0 Å². The lowest BCUT2D eigenvalue weighted by Crippen LogP contribution is -2.32. The predicted molar refractivity (Wildman–Crippen MR) is 97.5 cm³/mol. The average molecular weight is 361 g/mol. The van der Waals surface area contributed by atoms with Crippen LogP contribution < -0.4 is 0 Å². The van der Waals surface area contributed by atoms with Crippen LogP contribution >= 0.6 is 11.3 Å². The molecule has 0 bridgehead atoms. The van der Waals surface area contributed by atoms with Crippen LogP contribution in [0, 0.1) is 0 Å². The molecule has 0 aliphatic carbocycles. The number of thiophene rings is 1. The number of rotatable bonds is 3. The highest BCUT2D eigenvalue weighted by atomic mass is 32.2. The summed E-state index contributed by atoms with van der Waals surface area (Å²) in [6, 6.07) is 13.1. The number of sulfone groups is 1. The number of amides is 1. The third kappa shape index (κ3) is 3.94. The molecule has 1 fully saturated rings. The van der Waals surface area contributed by atoms with Crippen molar-refractivity contribution in [2.45, 2.75) is 11.7 Å². The van der Waals surface area contributed by atoms with Gasteiger partial charge in [0.2, 0.25) is 5.91 Å². The second-order valence-corrected chi connectivity index (χ2v) is 9.01. The normalized spacial score (nSPS) is 20.8. The van der Waals surface area contributed by atoms with E-state index in [2.05, 4.69) is 0 Å². The van der Waals surface area contributed by atoms with E-state index in [1.165, 1.54) is 6.08 Å². The summed E-state index contributed by atoms with van der Waals surface area (Å²) in [5, 5.41) is 1.42. The zero-order valence-corrected chi connectivity index (χ0v) is 14.8. The molecule has 1 saturated heterocycles. The predicted octanol–water partition coefficient (Wildman–Crippen LogP) is 3.15. The maximum Gasteiger partial charge on any atom is 0.246 e. The summed E-state index contributed by atoms with van der Waals surface area (Å²) in [5.74, 6) is -0.127. The highest BCUT2D eigenvalue weighted by Crippen LogP contribution is 2.29. The lowest BCUT2D eigenvalue weighted by molar-refractivity contribution is -0.125. The minimum atomic E-state index is -3.25. The minimum Gasteiger partial charge on any atom is -0.338 e. The molecule has 1 aromatic carbocycles. The maximum atomic E-state index is 12.6.